The average Bonchev–Trinajstić information content (AvgIpc) is 3.55. The van der Waals surface area contributed by atoms with Crippen LogP contribution >= 0.6 is 0 Å². The molecular formula is C27H31N5O3. The van der Waals surface area contributed by atoms with Gasteiger partial charge in [0.1, 0.15) is 11.5 Å². The topological polar surface area (TPSA) is 68.8 Å². The molecule has 182 valence electrons. The molecule has 0 atom stereocenters. The number of rotatable bonds is 9. The van der Waals surface area contributed by atoms with Crippen LogP contribution in [0, 0.1) is 6.92 Å². The number of methoxy groups -OCH3 is 1. The highest BCUT2D eigenvalue weighted by atomic mass is 16.5. The minimum atomic E-state index is 0.632. The van der Waals surface area contributed by atoms with Crippen LogP contribution in [0.5, 0.6) is 5.75 Å². The molecule has 2 aromatic heterocycles. The number of aryl methyl sites for hydroxylation is 1. The molecule has 3 heterocycles. The van der Waals surface area contributed by atoms with Crippen molar-refractivity contribution in [2.45, 2.75) is 26.6 Å². The second-order valence-corrected chi connectivity index (χ2v) is 8.74. The quantitative estimate of drug-likeness (QED) is 0.361. The second-order valence-electron chi connectivity index (χ2n) is 8.74. The molecule has 4 aromatic rings. The Labute approximate surface area is 205 Å². The summed E-state index contributed by atoms with van der Waals surface area (Å²) in [5, 5.41) is 0. The summed E-state index contributed by atoms with van der Waals surface area (Å²) < 4.78 is 19.3. The Morgan fingerprint density at radius 3 is 2.57 bits per heavy atom. The van der Waals surface area contributed by atoms with Crippen molar-refractivity contribution in [1.82, 2.24) is 19.4 Å². The molecule has 8 nitrogen and oxygen atoms in total. The van der Waals surface area contributed by atoms with Gasteiger partial charge in [0.05, 0.1) is 38.9 Å². The minimum Gasteiger partial charge on any atom is -0.497 e. The van der Waals surface area contributed by atoms with Crippen LogP contribution in [0.15, 0.2) is 71.7 Å². The van der Waals surface area contributed by atoms with Gasteiger partial charge in [-0.3, -0.25) is 4.90 Å². The normalized spacial score (nSPS) is 14.2. The van der Waals surface area contributed by atoms with Gasteiger partial charge in [-0.05, 0) is 42.3 Å². The number of aromatic nitrogens is 3. The van der Waals surface area contributed by atoms with E-state index in [4.69, 9.17) is 18.9 Å². The fourth-order valence-electron chi connectivity index (χ4n) is 4.25. The summed E-state index contributed by atoms with van der Waals surface area (Å²) in [5.41, 5.74) is 4.30. The number of imidazole rings is 1. The highest BCUT2D eigenvalue weighted by Gasteiger charge is 2.20. The van der Waals surface area contributed by atoms with E-state index in [1.807, 2.05) is 29.8 Å². The van der Waals surface area contributed by atoms with Gasteiger partial charge in [0.2, 0.25) is 0 Å². The van der Waals surface area contributed by atoms with Gasteiger partial charge >= 0.3 is 0 Å². The first-order valence-corrected chi connectivity index (χ1v) is 11.9. The van der Waals surface area contributed by atoms with Crippen LogP contribution < -0.4 is 9.64 Å². The van der Waals surface area contributed by atoms with Crippen molar-refractivity contribution < 1.29 is 13.9 Å². The standard InChI is InChI=1S/C27H31N5O3/c1-21-26(19-30-12-14-34-15-13-30)35-27(29-21)32(18-23-4-3-5-25(16-23)33-2)17-22-6-8-24(9-7-22)31-11-10-28-20-31/h3-11,16,20H,12-15,17-19H2,1-2H3. The van der Waals surface area contributed by atoms with Gasteiger partial charge in [0.15, 0.2) is 0 Å². The van der Waals surface area contributed by atoms with E-state index >= 15 is 0 Å². The van der Waals surface area contributed by atoms with Crippen molar-refractivity contribution in [3.8, 4) is 11.4 Å². The Hall–Kier alpha value is -3.62. The maximum Gasteiger partial charge on any atom is 0.298 e. The fourth-order valence-corrected chi connectivity index (χ4v) is 4.25. The molecule has 8 heteroatoms. The lowest BCUT2D eigenvalue weighted by atomic mass is 10.1. The van der Waals surface area contributed by atoms with E-state index in [2.05, 4.69) is 51.2 Å². The van der Waals surface area contributed by atoms with Crippen LogP contribution in [0.25, 0.3) is 5.69 Å². The van der Waals surface area contributed by atoms with E-state index in [1.165, 1.54) is 5.56 Å². The molecule has 1 aliphatic rings. The Balaban J connectivity index is 1.39. The van der Waals surface area contributed by atoms with Gasteiger partial charge in [-0.1, -0.05) is 24.3 Å². The number of morpholine rings is 1. The zero-order valence-corrected chi connectivity index (χ0v) is 20.3. The number of nitrogens with zero attached hydrogens (tertiary/aromatic N) is 5. The van der Waals surface area contributed by atoms with Crippen molar-refractivity contribution in [2.75, 3.05) is 38.3 Å². The van der Waals surface area contributed by atoms with Gasteiger partial charge in [-0.25, -0.2) is 4.98 Å². The second kappa shape index (κ2) is 10.8. The van der Waals surface area contributed by atoms with Gasteiger partial charge in [0.25, 0.3) is 6.01 Å². The van der Waals surface area contributed by atoms with Crippen molar-refractivity contribution in [3.05, 3.63) is 89.8 Å². The number of benzene rings is 2. The molecule has 0 N–H and O–H groups in total. The predicted molar refractivity (Wildman–Crippen MR) is 134 cm³/mol. The summed E-state index contributed by atoms with van der Waals surface area (Å²) in [4.78, 5) is 13.5. The van der Waals surface area contributed by atoms with Gasteiger partial charge in [0, 0.05) is 44.3 Å². The number of hydrogen-bond donors (Lipinski definition) is 0. The van der Waals surface area contributed by atoms with Crippen LogP contribution in [0.1, 0.15) is 22.6 Å². The molecule has 0 unspecified atom stereocenters. The van der Waals surface area contributed by atoms with Gasteiger partial charge < -0.3 is 23.4 Å². The number of hydrogen-bond acceptors (Lipinski definition) is 7. The third-order valence-corrected chi connectivity index (χ3v) is 6.24. The lowest BCUT2D eigenvalue weighted by molar-refractivity contribution is 0.0313. The van der Waals surface area contributed by atoms with E-state index in [0.29, 0.717) is 19.1 Å². The molecular weight excluding hydrogens is 442 g/mol. The Morgan fingerprint density at radius 1 is 1.03 bits per heavy atom. The fraction of sp³-hybridized carbons (Fsp3) is 0.333. The smallest absolute Gasteiger partial charge is 0.298 e. The molecule has 0 saturated carbocycles. The molecule has 5 rings (SSSR count). The zero-order chi connectivity index (χ0) is 24.0. The predicted octanol–water partition coefficient (Wildman–Crippen LogP) is 4.22. The van der Waals surface area contributed by atoms with Crippen molar-refractivity contribution in [2.24, 2.45) is 0 Å². The number of anilines is 1. The molecule has 1 saturated heterocycles. The summed E-state index contributed by atoms with van der Waals surface area (Å²) >= 11 is 0. The summed E-state index contributed by atoms with van der Waals surface area (Å²) in [6.07, 6.45) is 5.52. The Bertz CT molecular complexity index is 1210. The largest absolute Gasteiger partial charge is 0.497 e. The van der Waals surface area contributed by atoms with E-state index < -0.39 is 0 Å². The van der Waals surface area contributed by atoms with E-state index in [0.717, 1.165) is 61.3 Å². The van der Waals surface area contributed by atoms with Crippen molar-refractivity contribution >= 4 is 6.01 Å². The summed E-state index contributed by atoms with van der Waals surface area (Å²) in [5.74, 6) is 1.75. The maximum absolute atomic E-state index is 6.35. The summed E-state index contributed by atoms with van der Waals surface area (Å²) in [7, 11) is 1.69. The first-order valence-electron chi connectivity index (χ1n) is 11.9. The van der Waals surface area contributed by atoms with E-state index in [9.17, 15) is 0 Å². The number of oxazole rings is 1. The summed E-state index contributed by atoms with van der Waals surface area (Å²) in [6.45, 7) is 7.42. The van der Waals surface area contributed by atoms with E-state index in [-0.39, 0.29) is 0 Å². The third kappa shape index (κ3) is 5.72. The number of ether oxygens (including phenoxy) is 2. The lowest BCUT2D eigenvalue weighted by Gasteiger charge is -2.25. The van der Waals surface area contributed by atoms with Crippen molar-refractivity contribution in [3.63, 3.8) is 0 Å². The van der Waals surface area contributed by atoms with E-state index in [1.54, 1.807) is 19.6 Å². The maximum atomic E-state index is 6.35. The molecule has 2 aromatic carbocycles. The Morgan fingerprint density at radius 2 is 1.83 bits per heavy atom. The van der Waals surface area contributed by atoms with Crippen molar-refractivity contribution in [1.29, 1.82) is 0 Å². The van der Waals surface area contributed by atoms with Crippen LogP contribution in [-0.2, 0) is 24.4 Å². The first kappa shape index (κ1) is 23.1. The first-order chi connectivity index (χ1) is 17.2. The van der Waals surface area contributed by atoms with Crippen LogP contribution in [0.2, 0.25) is 0 Å². The molecule has 1 fully saturated rings. The highest BCUT2D eigenvalue weighted by molar-refractivity contribution is 5.39. The molecule has 0 aliphatic carbocycles. The summed E-state index contributed by atoms with van der Waals surface area (Å²) in [6, 6.07) is 17.2. The highest BCUT2D eigenvalue weighted by Crippen LogP contribution is 2.25. The van der Waals surface area contributed by atoms with Crippen LogP contribution in [0.3, 0.4) is 0 Å². The minimum absolute atomic E-state index is 0.632. The molecule has 0 spiro atoms. The average molecular weight is 474 g/mol. The lowest BCUT2D eigenvalue weighted by Crippen LogP contribution is -2.35. The zero-order valence-electron chi connectivity index (χ0n) is 20.3. The molecule has 1 aliphatic heterocycles. The van der Waals surface area contributed by atoms with Crippen LogP contribution in [-0.4, -0.2) is 52.8 Å². The van der Waals surface area contributed by atoms with Gasteiger partial charge in [-0.2, -0.15) is 4.98 Å². The molecule has 0 amide bonds. The van der Waals surface area contributed by atoms with Gasteiger partial charge in [-0.15, -0.1) is 0 Å². The Kier molecular flexibility index (Phi) is 7.11. The molecule has 0 bridgehead atoms. The molecule has 35 heavy (non-hydrogen) atoms. The molecule has 0 radical (unpaired) electrons. The van der Waals surface area contributed by atoms with Crippen LogP contribution in [0.4, 0.5) is 6.01 Å². The monoisotopic (exact) mass is 473 g/mol. The third-order valence-electron chi connectivity index (χ3n) is 6.24. The SMILES string of the molecule is COc1cccc(CN(Cc2ccc(-n3ccnc3)cc2)c2nc(C)c(CN3CCOCC3)o2)c1.